The summed E-state index contributed by atoms with van der Waals surface area (Å²) in [6.07, 6.45) is 1.75. The van der Waals surface area contributed by atoms with Gasteiger partial charge in [-0.15, -0.1) is 0 Å². The molecule has 0 fully saturated rings. The fraction of sp³-hybridized carbons (Fsp3) is 0.400. The van der Waals surface area contributed by atoms with Gasteiger partial charge in [-0.3, -0.25) is 0 Å². The third-order valence-corrected chi connectivity index (χ3v) is 3.87. The monoisotopic (exact) mass is 376 g/mol. The van der Waals surface area contributed by atoms with Gasteiger partial charge in [-0.2, -0.15) is 0 Å². The second-order valence-corrected chi connectivity index (χ2v) is 5.56. The highest BCUT2D eigenvalue weighted by Crippen LogP contribution is 2.26. The molecule has 1 unspecified atom stereocenters. The van der Waals surface area contributed by atoms with Crippen molar-refractivity contribution in [2.45, 2.75) is 39.9 Å². The maximum absolute atomic E-state index is 5.59. The summed E-state index contributed by atoms with van der Waals surface area (Å²) in [5, 5.41) is 2.32. The van der Waals surface area contributed by atoms with Crippen molar-refractivity contribution in [3.05, 3.63) is 46.4 Å². The van der Waals surface area contributed by atoms with E-state index >= 15 is 0 Å². The minimum absolute atomic E-state index is 0.163. The summed E-state index contributed by atoms with van der Waals surface area (Å²) >= 11 is 3.59. The predicted octanol–water partition coefficient (Wildman–Crippen LogP) is 5.77. The molecule has 0 heterocycles. The highest BCUT2D eigenvalue weighted by Gasteiger charge is 2.04. The second kappa shape index (κ2) is 11.2. The molecule has 1 atom stereocenters. The largest absolute Gasteiger partial charge is 0.356 e. The van der Waals surface area contributed by atoms with E-state index in [1.807, 2.05) is 38.1 Å². The molecule has 2 rings (SSSR count). The zero-order chi connectivity index (χ0) is 17.1. The first-order valence-corrected chi connectivity index (χ1v) is 8.86. The van der Waals surface area contributed by atoms with Gasteiger partial charge in [-0.25, -0.2) is 0 Å². The molecule has 0 spiro atoms. The molecule has 3 heteroatoms. The van der Waals surface area contributed by atoms with Crippen LogP contribution >= 0.6 is 15.9 Å². The first kappa shape index (κ1) is 19.7. The molecular formula is C20H25BrO2. The van der Waals surface area contributed by atoms with Gasteiger partial charge in [0, 0.05) is 22.5 Å². The fourth-order valence-corrected chi connectivity index (χ4v) is 2.77. The Hall–Kier alpha value is -1.34. The number of methoxy groups -OCH3 is 1. The molecular weight excluding hydrogens is 352 g/mol. The highest BCUT2D eigenvalue weighted by atomic mass is 79.9. The molecule has 0 saturated carbocycles. The Labute approximate surface area is 148 Å². The summed E-state index contributed by atoms with van der Waals surface area (Å²) in [6, 6.07) is 12.3. The number of hydrogen-bond donors (Lipinski definition) is 0. The molecule has 23 heavy (non-hydrogen) atoms. The second-order valence-electron chi connectivity index (χ2n) is 4.71. The van der Waals surface area contributed by atoms with Crippen LogP contribution in [0.1, 0.15) is 39.2 Å². The predicted molar refractivity (Wildman–Crippen MR) is 102 cm³/mol. The Bertz CT molecular complexity index is 650. The van der Waals surface area contributed by atoms with Gasteiger partial charge < -0.3 is 9.47 Å². The molecule has 0 aliphatic heterocycles. The average molecular weight is 377 g/mol. The van der Waals surface area contributed by atoms with Crippen LogP contribution < -0.4 is 0 Å². The van der Waals surface area contributed by atoms with Gasteiger partial charge in [-0.05, 0) is 23.9 Å². The highest BCUT2D eigenvalue weighted by molar-refractivity contribution is 9.10. The molecule has 124 valence electrons. The van der Waals surface area contributed by atoms with Crippen molar-refractivity contribution in [3.63, 3.8) is 0 Å². The van der Waals surface area contributed by atoms with Crippen molar-refractivity contribution in [2.75, 3.05) is 13.7 Å². The van der Waals surface area contributed by atoms with Crippen LogP contribution in [0.5, 0.6) is 0 Å². The SMILES string of the molecule is CC.CCCC(OC)OCC#Cc1cccc2cccc(Br)c12. The van der Waals surface area contributed by atoms with E-state index in [0.29, 0.717) is 6.61 Å². The molecule has 2 nitrogen and oxygen atoms in total. The van der Waals surface area contributed by atoms with Crippen LogP contribution in [0.15, 0.2) is 40.9 Å². The van der Waals surface area contributed by atoms with Gasteiger partial charge in [0.15, 0.2) is 6.29 Å². The minimum Gasteiger partial charge on any atom is -0.356 e. The zero-order valence-corrected chi connectivity index (χ0v) is 15.9. The smallest absolute Gasteiger partial charge is 0.158 e. The van der Waals surface area contributed by atoms with Gasteiger partial charge in [0.2, 0.25) is 0 Å². The van der Waals surface area contributed by atoms with Crippen LogP contribution in [0.2, 0.25) is 0 Å². The first-order chi connectivity index (χ1) is 11.3. The lowest BCUT2D eigenvalue weighted by Gasteiger charge is -2.12. The number of halogens is 1. The van der Waals surface area contributed by atoms with Crippen molar-refractivity contribution >= 4 is 26.7 Å². The Morgan fingerprint density at radius 2 is 1.83 bits per heavy atom. The first-order valence-electron chi connectivity index (χ1n) is 8.06. The summed E-state index contributed by atoms with van der Waals surface area (Å²) in [5.74, 6) is 6.26. The zero-order valence-electron chi connectivity index (χ0n) is 14.4. The number of fused-ring (bicyclic) bond motifs is 1. The van der Waals surface area contributed by atoms with E-state index in [1.165, 1.54) is 5.39 Å². The molecule has 2 aromatic rings. The van der Waals surface area contributed by atoms with Crippen molar-refractivity contribution in [1.29, 1.82) is 0 Å². The number of benzene rings is 2. The van der Waals surface area contributed by atoms with E-state index in [2.05, 4.69) is 46.8 Å². The molecule has 0 aromatic heterocycles. The third kappa shape index (κ3) is 5.99. The Balaban J connectivity index is 0.00000127. The molecule has 2 aromatic carbocycles. The Kier molecular flexibility index (Phi) is 9.63. The fourth-order valence-electron chi connectivity index (χ4n) is 2.17. The van der Waals surface area contributed by atoms with Gasteiger partial charge in [0.1, 0.15) is 6.61 Å². The van der Waals surface area contributed by atoms with Crippen LogP contribution in [0, 0.1) is 11.8 Å². The van der Waals surface area contributed by atoms with E-state index in [4.69, 9.17) is 9.47 Å². The van der Waals surface area contributed by atoms with Crippen molar-refractivity contribution < 1.29 is 9.47 Å². The van der Waals surface area contributed by atoms with E-state index in [-0.39, 0.29) is 6.29 Å². The van der Waals surface area contributed by atoms with Crippen molar-refractivity contribution in [3.8, 4) is 11.8 Å². The normalized spacial score (nSPS) is 11.2. The maximum atomic E-state index is 5.59. The average Bonchev–Trinajstić information content (AvgIpc) is 2.59. The van der Waals surface area contributed by atoms with Crippen LogP contribution in [0.25, 0.3) is 10.8 Å². The molecule has 0 aliphatic carbocycles. The van der Waals surface area contributed by atoms with Gasteiger partial charge in [0.25, 0.3) is 0 Å². The Morgan fingerprint density at radius 3 is 2.48 bits per heavy atom. The molecule has 0 bridgehead atoms. The maximum Gasteiger partial charge on any atom is 0.158 e. The molecule has 0 saturated heterocycles. The number of rotatable bonds is 5. The summed E-state index contributed by atoms with van der Waals surface area (Å²) < 4.78 is 11.9. The summed E-state index contributed by atoms with van der Waals surface area (Å²) in [4.78, 5) is 0. The van der Waals surface area contributed by atoms with Gasteiger partial charge in [-0.1, -0.05) is 79.2 Å². The van der Waals surface area contributed by atoms with Crippen LogP contribution in [0.3, 0.4) is 0 Å². The van der Waals surface area contributed by atoms with Crippen LogP contribution in [-0.2, 0) is 9.47 Å². The number of ether oxygens (including phenoxy) is 2. The van der Waals surface area contributed by atoms with Crippen LogP contribution in [-0.4, -0.2) is 20.0 Å². The molecule has 0 amide bonds. The topological polar surface area (TPSA) is 18.5 Å². The van der Waals surface area contributed by atoms with Gasteiger partial charge in [0.05, 0.1) is 0 Å². The van der Waals surface area contributed by atoms with E-state index in [9.17, 15) is 0 Å². The lowest BCUT2D eigenvalue weighted by Crippen LogP contribution is -2.14. The molecule has 0 N–H and O–H groups in total. The molecule has 0 radical (unpaired) electrons. The molecule has 0 aliphatic rings. The van der Waals surface area contributed by atoms with E-state index in [1.54, 1.807) is 7.11 Å². The quantitative estimate of drug-likeness (QED) is 0.487. The van der Waals surface area contributed by atoms with E-state index in [0.717, 1.165) is 28.3 Å². The summed E-state index contributed by atoms with van der Waals surface area (Å²) in [7, 11) is 1.66. The lowest BCUT2D eigenvalue weighted by molar-refractivity contribution is -0.117. The third-order valence-electron chi connectivity index (χ3n) is 3.21. The Morgan fingerprint density at radius 1 is 1.13 bits per heavy atom. The van der Waals surface area contributed by atoms with E-state index < -0.39 is 0 Å². The lowest BCUT2D eigenvalue weighted by atomic mass is 10.1. The standard InChI is InChI=1S/C18H19BrO2.C2H6/c1-3-7-17(20-2)21-13-6-11-15-9-4-8-14-10-5-12-16(19)18(14)15;1-2/h4-5,8-10,12,17H,3,7,13H2,1-2H3;1-2H3. The summed E-state index contributed by atoms with van der Waals surface area (Å²) in [5.41, 5.74) is 1.01. The van der Waals surface area contributed by atoms with Crippen LogP contribution in [0.4, 0.5) is 0 Å². The summed E-state index contributed by atoms with van der Waals surface area (Å²) in [6.45, 7) is 6.48. The van der Waals surface area contributed by atoms with Crippen molar-refractivity contribution in [2.24, 2.45) is 0 Å². The number of hydrogen-bond acceptors (Lipinski definition) is 2. The minimum atomic E-state index is -0.163. The van der Waals surface area contributed by atoms with Crippen molar-refractivity contribution in [1.82, 2.24) is 0 Å². The van der Waals surface area contributed by atoms with Gasteiger partial charge >= 0.3 is 0 Å².